The number of amides is 1. The maximum atomic E-state index is 13.1. The van der Waals surface area contributed by atoms with Crippen molar-refractivity contribution in [1.29, 1.82) is 0 Å². The SMILES string of the molecule is CC(NC(=O)C(c1ccccc1)N1CCS(=O)(=O)CC1)c1ccc(Br)cc1. The molecule has 2 aromatic carbocycles. The van der Waals surface area contributed by atoms with E-state index in [0.29, 0.717) is 13.1 Å². The highest BCUT2D eigenvalue weighted by Gasteiger charge is 2.33. The predicted molar refractivity (Wildman–Crippen MR) is 110 cm³/mol. The molecule has 0 spiro atoms. The van der Waals surface area contributed by atoms with Gasteiger partial charge in [-0.15, -0.1) is 0 Å². The van der Waals surface area contributed by atoms with Crippen LogP contribution in [0.2, 0.25) is 0 Å². The zero-order valence-corrected chi connectivity index (χ0v) is 17.5. The van der Waals surface area contributed by atoms with Gasteiger partial charge < -0.3 is 5.32 Å². The molecule has 0 aromatic heterocycles. The minimum Gasteiger partial charge on any atom is -0.348 e. The third-order valence-corrected chi connectivity index (χ3v) is 6.97. The minimum atomic E-state index is -3.01. The normalized spacial score (nSPS) is 19.2. The molecule has 0 bridgehead atoms. The quantitative estimate of drug-likeness (QED) is 0.759. The third-order valence-electron chi connectivity index (χ3n) is 4.84. The van der Waals surface area contributed by atoms with E-state index in [1.165, 1.54) is 0 Å². The lowest BCUT2D eigenvalue weighted by molar-refractivity contribution is -0.127. The highest BCUT2D eigenvalue weighted by molar-refractivity contribution is 9.10. The summed E-state index contributed by atoms with van der Waals surface area (Å²) in [7, 11) is -3.01. The fourth-order valence-electron chi connectivity index (χ4n) is 3.28. The van der Waals surface area contributed by atoms with E-state index in [2.05, 4.69) is 21.2 Å². The lowest BCUT2D eigenvalue weighted by atomic mass is 10.0. The maximum Gasteiger partial charge on any atom is 0.242 e. The molecule has 2 aromatic rings. The standard InChI is InChI=1S/C20H23BrN2O3S/c1-15(16-7-9-18(21)10-8-16)22-20(24)19(17-5-3-2-4-6-17)23-11-13-27(25,26)14-12-23/h2-10,15,19H,11-14H2,1H3,(H,22,24). The predicted octanol–water partition coefficient (Wildman–Crippen LogP) is 3.10. The fraction of sp³-hybridized carbons (Fsp3) is 0.350. The van der Waals surface area contributed by atoms with E-state index in [9.17, 15) is 13.2 Å². The number of halogens is 1. The van der Waals surface area contributed by atoms with Crippen LogP contribution < -0.4 is 5.32 Å². The van der Waals surface area contributed by atoms with Crippen LogP contribution in [0.25, 0.3) is 0 Å². The van der Waals surface area contributed by atoms with Gasteiger partial charge in [0.2, 0.25) is 5.91 Å². The first kappa shape index (κ1) is 20.0. The number of nitrogens with one attached hydrogen (secondary N) is 1. The lowest BCUT2D eigenvalue weighted by Crippen LogP contribution is -2.47. The Kier molecular flexibility index (Phi) is 6.34. The van der Waals surface area contributed by atoms with Crippen molar-refractivity contribution in [1.82, 2.24) is 10.2 Å². The zero-order chi connectivity index (χ0) is 19.4. The van der Waals surface area contributed by atoms with Gasteiger partial charge in [-0.3, -0.25) is 9.69 Å². The summed E-state index contributed by atoms with van der Waals surface area (Å²) in [6, 6.07) is 16.7. The average Bonchev–Trinajstić information content (AvgIpc) is 2.64. The number of carbonyl (C=O) groups excluding carboxylic acids is 1. The van der Waals surface area contributed by atoms with Crippen molar-refractivity contribution in [2.45, 2.75) is 19.0 Å². The van der Waals surface area contributed by atoms with Crippen molar-refractivity contribution in [3.63, 3.8) is 0 Å². The van der Waals surface area contributed by atoms with Gasteiger partial charge in [0.15, 0.2) is 9.84 Å². The van der Waals surface area contributed by atoms with Crippen LogP contribution in [0.1, 0.15) is 30.1 Å². The molecule has 27 heavy (non-hydrogen) atoms. The van der Waals surface area contributed by atoms with Crippen LogP contribution in [-0.4, -0.2) is 43.8 Å². The number of carbonyl (C=O) groups is 1. The first-order valence-corrected chi connectivity index (χ1v) is 11.5. The Morgan fingerprint density at radius 2 is 1.59 bits per heavy atom. The number of rotatable bonds is 5. The van der Waals surface area contributed by atoms with Crippen LogP contribution in [0.15, 0.2) is 59.1 Å². The van der Waals surface area contributed by atoms with Crippen LogP contribution in [-0.2, 0) is 14.6 Å². The van der Waals surface area contributed by atoms with Crippen LogP contribution in [0.5, 0.6) is 0 Å². The molecule has 5 nitrogen and oxygen atoms in total. The number of hydrogen-bond donors (Lipinski definition) is 1. The van der Waals surface area contributed by atoms with Gasteiger partial charge in [-0.1, -0.05) is 58.4 Å². The summed E-state index contributed by atoms with van der Waals surface area (Å²) in [5.41, 5.74) is 1.89. The molecule has 1 aliphatic heterocycles. The van der Waals surface area contributed by atoms with Crippen LogP contribution in [0.4, 0.5) is 0 Å². The third kappa shape index (κ3) is 5.18. The summed E-state index contributed by atoms with van der Waals surface area (Å²) in [6.45, 7) is 2.67. The molecule has 0 aliphatic carbocycles. The zero-order valence-electron chi connectivity index (χ0n) is 15.1. The molecule has 7 heteroatoms. The molecule has 1 N–H and O–H groups in total. The molecular weight excluding hydrogens is 428 g/mol. The molecule has 2 atom stereocenters. The summed E-state index contributed by atoms with van der Waals surface area (Å²) < 4.78 is 24.6. The Balaban J connectivity index is 1.80. The summed E-state index contributed by atoms with van der Waals surface area (Å²) in [5.74, 6) is 0.0634. The van der Waals surface area contributed by atoms with Crippen LogP contribution in [0.3, 0.4) is 0 Å². The lowest BCUT2D eigenvalue weighted by Gasteiger charge is -2.34. The van der Waals surface area contributed by atoms with Crippen molar-refractivity contribution in [2.75, 3.05) is 24.6 Å². The van der Waals surface area contributed by atoms with Gasteiger partial charge in [-0.25, -0.2) is 8.42 Å². The van der Waals surface area contributed by atoms with Gasteiger partial charge in [-0.05, 0) is 30.2 Å². The van der Waals surface area contributed by atoms with E-state index >= 15 is 0 Å². The van der Waals surface area contributed by atoms with E-state index in [4.69, 9.17) is 0 Å². The second kappa shape index (κ2) is 8.54. The largest absolute Gasteiger partial charge is 0.348 e. The van der Waals surface area contributed by atoms with Gasteiger partial charge in [0.05, 0.1) is 17.5 Å². The second-order valence-corrected chi connectivity index (χ2v) is 10.0. The van der Waals surface area contributed by atoms with Crippen molar-refractivity contribution in [3.05, 3.63) is 70.2 Å². The molecule has 1 heterocycles. The highest BCUT2D eigenvalue weighted by Crippen LogP contribution is 2.25. The molecule has 2 unspecified atom stereocenters. The van der Waals surface area contributed by atoms with E-state index in [-0.39, 0.29) is 23.5 Å². The van der Waals surface area contributed by atoms with Gasteiger partial charge in [0, 0.05) is 17.6 Å². The number of hydrogen-bond acceptors (Lipinski definition) is 4. The van der Waals surface area contributed by atoms with E-state index in [1.54, 1.807) is 0 Å². The minimum absolute atomic E-state index is 0.0892. The van der Waals surface area contributed by atoms with Crippen molar-refractivity contribution in [3.8, 4) is 0 Å². The smallest absolute Gasteiger partial charge is 0.242 e. The van der Waals surface area contributed by atoms with E-state index in [1.807, 2.05) is 66.4 Å². The Bertz CT molecular complexity index is 871. The van der Waals surface area contributed by atoms with Crippen LogP contribution in [0, 0.1) is 0 Å². The summed E-state index contributed by atoms with van der Waals surface area (Å²) in [4.78, 5) is 15.1. The van der Waals surface area contributed by atoms with E-state index < -0.39 is 15.9 Å². The summed E-state index contributed by atoms with van der Waals surface area (Å²) in [5, 5.41) is 3.09. The summed E-state index contributed by atoms with van der Waals surface area (Å²) >= 11 is 3.42. The molecule has 1 fully saturated rings. The first-order valence-electron chi connectivity index (χ1n) is 8.91. The van der Waals surface area contributed by atoms with Gasteiger partial charge in [0.25, 0.3) is 0 Å². The van der Waals surface area contributed by atoms with E-state index in [0.717, 1.165) is 15.6 Å². The molecule has 0 saturated carbocycles. The highest BCUT2D eigenvalue weighted by atomic mass is 79.9. The van der Waals surface area contributed by atoms with Crippen molar-refractivity contribution >= 4 is 31.7 Å². The Morgan fingerprint density at radius 3 is 2.19 bits per heavy atom. The molecule has 144 valence electrons. The van der Waals surface area contributed by atoms with Gasteiger partial charge >= 0.3 is 0 Å². The molecule has 3 rings (SSSR count). The van der Waals surface area contributed by atoms with Crippen molar-refractivity contribution in [2.24, 2.45) is 0 Å². The summed E-state index contributed by atoms with van der Waals surface area (Å²) in [6.07, 6.45) is 0. The van der Waals surface area contributed by atoms with Gasteiger partial charge in [-0.2, -0.15) is 0 Å². The molecule has 1 amide bonds. The average molecular weight is 451 g/mol. The number of sulfone groups is 1. The number of benzene rings is 2. The Labute approximate surface area is 168 Å². The maximum absolute atomic E-state index is 13.1. The monoisotopic (exact) mass is 450 g/mol. The van der Waals surface area contributed by atoms with Crippen molar-refractivity contribution < 1.29 is 13.2 Å². The van der Waals surface area contributed by atoms with Gasteiger partial charge in [0.1, 0.15) is 6.04 Å². The first-order chi connectivity index (χ1) is 12.9. The molecule has 1 saturated heterocycles. The Hall–Kier alpha value is -1.70. The Morgan fingerprint density at radius 1 is 1.00 bits per heavy atom. The fourth-order valence-corrected chi connectivity index (χ4v) is 4.77. The topological polar surface area (TPSA) is 66.5 Å². The molecule has 1 aliphatic rings. The second-order valence-electron chi connectivity index (χ2n) is 6.78. The molecular formula is C20H23BrN2O3S. The van der Waals surface area contributed by atoms with Crippen LogP contribution >= 0.6 is 15.9 Å². The number of nitrogens with zero attached hydrogens (tertiary/aromatic N) is 1. The molecule has 0 radical (unpaired) electrons.